The van der Waals surface area contributed by atoms with Crippen molar-refractivity contribution in [2.45, 2.75) is 0 Å². The van der Waals surface area contributed by atoms with Crippen molar-refractivity contribution < 1.29 is 4.79 Å². The van der Waals surface area contributed by atoms with E-state index in [0.29, 0.717) is 17.4 Å². The third kappa shape index (κ3) is 2.84. The maximum atomic E-state index is 12.3. The lowest BCUT2D eigenvalue weighted by Gasteiger charge is -2.17. The number of rotatable bonds is 2. The molecule has 0 bridgehead atoms. The molecule has 21 heavy (non-hydrogen) atoms. The Morgan fingerprint density at radius 1 is 1.24 bits per heavy atom. The monoisotopic (exact) mass is 281 g/mol. The number of benzene rings is 1. The van der Waals surface area contributed by atoms with Crippen LogP contribution in [-0.2, 0) is 4.79 Å². The zero-order chi connectivity index (χ0) is 14.8. The lowest BCUT2D eigenvalue weighted by atomic mass is 10.0. The van der Waals surface area contributed by atoms with E-state index in [1.807, 2.05) is 23.1 Å². The van der Waals surface area contributed by atoms with Crippen LogP contribution in [0.2, 0.25) is 0 Å². The minimum atomic E-state index is 0.0554. The van der Waals surface area contributed by atoms with Gasteiger partial charge in [0.05, 0.1) is 11.6 Å². The number of hydrogen-bond acceptors (Lipinski definition) is 3. The average molecular weight is 281 g/mol. The first-order valence-corrected chi connectivity index (χ1v) is 7.32. The SMILES string of the molecule is CN1C[C@@H]2CN(C(=O)/C=C/c3ccccc3C#N)C[C@@H]2C1. The Morgan fingerprint density at radius 2 is 1.90 bits per heavy atom. The Bertz CT molecular complexity index is 603. The Hall–Kier alpha value is -2.12. The predicted molar refractivity (Wildman–Crippen MR) is 81.2 cm³/mol. The zero-order valence-corrected chi connectivity index (χ0v) is 12.2. The van der Waals surface area contributed by atoms with Gasteiger partial charge >= 0.3 is 0 Å². The second kappa shape index (κ2) is 5.71. The summed E-state index contributed by atoms with van der Waals surface area (Å²) in [6.45, 7) is 3.90. The van der Waals surface area contributed by atoms with Gasteiger partial charge in [-0.2, -0.15) is 5.26 Å². The van der Waals surface area contributed by atoms with Crippen molar-refractivity contribution >= 4 is 12.0 Å². The second-order valence-electron chi connectivity index (χ2n) is 6.02. The number of carbonyl (C=O) groups excluding carboxylic acids is 1. The van der Waals surface area contributed by atoms with Gasteiger partial charge in [0.15, 0.2) is 0 Å². The maximum absolute atomic E-state index is 12.3. The van der Waals surface area contributed by atoms with Gasteiger partial charge in [-0.05, 0) is 36.6 Å². The van der Waals surface area contributed by atoms with E-state index in [4.69, 9.17) is 5.26 Å². The molecule has 1 aromatic carbocycles. The molecule has 2 aliphatic heterocycles. The Kier molecular flexibility index (Phi) is 3.76. The van der Waals surface area contributed by atoms with E-state index in [2.05, 4.69) is 18.0 Å². The molecule has 0 unspecified atom stereocenters. The Labute approximate surface area is 125 Å². The summed E-state index contributed by atoms with van der Waals surface area (Å²) in [6.07, 6.45) is 3.35. The van der Waals surface area contributed by atoms with Gasteiger partial charge in [0.25, 0.3) is 0 Å². The zero-order valence-electron chi connectivity index (χ0n) is 12.2. The molecule has 2 atom stereocenters. The summed E-state index contributed by atoms with van der Waals surface area (Å²) in [4.78, 5) is 16.6. The van der Waals surface area contributed by atoms with E-state index < -0.39 is 0 Å². The van der Waals surface area contributed by atoms with Crippen LogP contribution >= 0.6 is 0 Å². The lowest BCUT2D eigenvalue weighted by Crippen LogP contribution is -2.31. The van der Waals surface area contributed by atoms with Gasteiger partial charge in [0.2, 0.25) is 5.91 Å². The number of likely N-dealkylation sites (tertiary alicyclic amines) is 2. The summed E-state index contributed by atoms with van der Waals surface area (Å²) < 4.78 is 0. The van der Waals surface area contributed by atoms with Crippen molar-refractivity contribution in [3.63, 3.8) is 0 Å². The van der Waals surface area contributed by atoms with E-state index in [1.54, 1.807) is 18.2 Å². The van der Waals surface area contributed by atoms with E-state index in [0.717, 1.165) is 31.7 Å². The minimum absolute atomic E-state index is 0.0554. The molecule has 0 radical (unpaired) electrons. The summed E-state index contributed by atoms with van der Waals surface area (Å²) in [5, 5.41) is 9.05. The highest BCUT2D eigenvalue weighted by Gasteiger charge is 2.39. The molecule has 2 fully saturated rings. The quantitative estimate of drug-likeness (QED) is 0.773. The van der Waals surface area contributed by atoms with Crippen molar-refractivity contribution in [3.8, 4) is 6.07 Å². The summed E-state index contributed by atoms with van der Waals surface area (Å²) in [6, 6.07) is 9.47. The van der Waals surface area contributed by atoms with Gasteiger partial charge in [0, 0.05) is 32.3 Å². The Morgan fingerprint density at radius 3 is 2.57 bits per heavy atom. The van der Waals surface area contributed by atoms with Crippen molar-refractivity contribution in [2.24, 2.45) is 11.8 Å². The van der Waals surface area contributed by atoms with Crippen LogP contribution in [0.15, 0.2) is 30.3 Å². The van der Waals surface area contributed by atoms with Crippen LogP contribution in [0, 0.1) is 23.2 Å². The molecule has 0 saturated carbocycles. The van der Waals surface area contributed by atoms with Crippen LogP contribution in [0.4, 0.5) is 0 Å². The molecule has 0 spiro atoms. The van der Waals surface area contributed by atoms with Crippen LogP contribution in [0.1, 0.15) is 11.1 Å². The second-order valence-corrected chi connectivity index (χ2v) is 6.02. The van der Waals surface area contributed by atoms with E-state index in [1.165, 1.54) is 0 Å². The van der Waals surface area contributed by atoms with Crippen molar-refractivity contribution in [1.82, 2.24) is 9.80 Å². The molecule has 2 saturated heterocycles. The predicted octanol–water partition coefficient (Wildman–Crippen LogP) is 1.59. The molecule has 2 heterocycles. The standard InChI is InChI=1S/C17H19N3O/c1-19-9-15-11-20(12-16(15)10-19)17(21)7-6-13-4-2-3-5-14(13)8-18/h2-7,15-16H,9-12H2,1H3/b7-6+/t15-,16+. The lowest BCUT2D eigenvalue weighted by molar-refractivity contribution is -0.125. The fourth-order valence-electron chi connectivity index (χ4n) is 3.42. The molecular weight excluding hydrogens is 262 g/mol. The summed E-state index contributed by atoms with van der Waals surface area (Å²) in [5.41, 5.74) is 1.40. The molecule has 108 valence electrons. The first-order chi connectivity index (χ1) is 10.2. The van der Waals surface area contributed by atoms with E-state index in [-0.39, 0.29) is 5.91 Å². The van der Waals surface area contributed by atoms with E-state index >= 15 is 0 Å². The summed E-state index contributed by atoms with van der Waals surface area (Å²) in [7, 11) is 2.14. The molecule has 1 amide bonds. The van der Waals surface area contributed by atoms with Crippen LogP contribution in [-0.4, -0.2) is 48.9 Å². The molecule has 0 N–H and O–H groups in total. The third-order valence-corrected chi connectivity index (χ3v) is 4.47. The fraction of sp³-hybridized carbons (Fsp3) is 0.412. The molecule has 0 aliphatic carbocycles. The van der Waals surface area contributed by atoms with Gasteiger partial charge in [0.1, 0.15) is 0 Å². The average Bonchev–Trinajstić information content (AvgIpc) is 3.02. The van der Waals surface area contributed by atoms with Gasteiger partial charge in [-0.15, -0.1) is 0 Å². The smallest absolute Gasteiger partial charge is 0.246 e. The van der Waals surface area contributed by atoms with Crippen LogP contribution in [0.5, 0.6) is 0 Å². The van der Waals surface area contributed by atoms with Gasteiger partial charge in [-0.25, -0.2) is 0 Å². The largest absolute Gasteiger partial charge is 0.338 e. The van der Waals surface area contributed by atoms with Crippen molar-refractivity contribution in [3.05, 3.63) is 41.5 Å². The molecular formula is C17H19N3O. The summed E-state index contributed by atoms with van der Waals surface area (Å²) >= 11 is 0. The minimum Gasteiger partial charge on any atom is -0.338 e. The highest BCUT2D eigenvalue weighted by molar-refractivity contribution is 5.92. The molecule has 2 aliphatic rings. The molecule has 1 aromatic rings. The van der Waals surface area contributed by atoms with Gasteiger partial charge < -0.3 is 9.80 Å². The normalized spacial score (nSPS) is 25.2. The fourth-order valence-corrected chi connectivity index (χ4v) is 3.42. The molecule has 3 rings (SSSR count). The van der Waals surface area contributed by atoms with Crippen LogP contribution in [0.3, 0.4) is 0 Å². The number of amides is 1. The van der Waals surface area contributed by atoms with Crippen LogP contribution in [0.25, 0.3) is 6.08 Å². The van der Waals surface area contributed by atoms with Crippen molar-refractivity contribution in [2.75, 3.05) is 33.2 Å². The van der Waals surface area contributed by atoms with E-state index in [9.17, 15) is 4.79 Å². The van der Waals surface area contributed by atoms with Crippen LogP contribution < -0.4 is 0 Å². The topological polar surface area (TPSA) is 47.3 Å². The summed E-state index contributed by atoms with van der Waals surface area (Å²) in [5.74, 6) is 1.30. The van der Waals surface area contributed by atoms with Gasteiger partial charge in [-0.3, -0.25) is 4.79 Å². The van der Waals surface area contributed by atoms with Crippen molar-refractivity contribution in [1.29, 1.82) is 5.26 Å². The highest BCUT2D eigenvalue weighted by atomic mass is 16.2. The maximum Gasteiger partial charge on any atom is 0.246 e. The first-order valence-electron chi connectivity index (χ1n) is 7.32. The number of nitriles is 1. The van der Waals surface area contributed by atoms with Gasteiger partial charge in [-0.1, -0.05) is 18.2 Å². The Balaban J connectivity index is 1.65. The highest BCUT2D eigenvalue weighted by Crippen LogP contribution is 2.30. The number of carbonyl (C=O) groups is 1. The number of hydrogen-bond donors (Lipinski definition) is 0. The third-order valence-electron chi connectivity index (χ3n) is 4.47. The first kappa shape index (κ1) is 13.8. The number of fused-ring (bicyclic) bond motifs is 1. The molecule has 4 heteroatoms. The number of nitrogens with zero attached hydrogens (tertiary/aromatic N) is 3. The molecule has 0 aromatic heterocycles. The molecule has 4 nitrogen and oxygen atoms in total.